The van der Waals surface area contributed by atoms with E-state index in [1.165, 1.54) is 6.54 Å². The summed E-state index contributed by atoms with van der Waals surface area (Å²) >= 11 is 0. The molecule has 8 heavy (non-hydrogen) atoms. The van der Waals surface area contributed by atoms with Crippen molar-refractivity contribution >= 4 is 5.91 Å². The zero-order valence-corrected chi connectivity index (χ0v) is 8.80. The Balaban J connectivity index is 0. The Morgan fingerprint density at radius 2 is 2.38 bits per heavy atom. The van der Waals surface area contributed by atoms with Crippen molar-refractivity contribution in [2.45, 2.75) is 6.92 Å². The molecule has 0 aromatic carbocycles. The van der Waals surface area contributed by atoms with Gasteiger partial charge in [0, 0.05) is 31.1 Å². The van der Waals surface area contributed by atoms with Crippen molar-refractivity contribution in [1.82, 2.24) is 5.32 Å². The van der Waals surface area contributed by atoms with Crippen LogP contribution in [0, 0.1) is 37.7 Å². The van der Waals surface area contributed by atoms with Crippen molar-refractivity contribution in [2.75, 3.05) is 6.61 Å². The van der Waals surface area contributed by atoms with E-state index >= 15 is 0 Å². The van der Waals surface area contributed by atoms with Crippen LogP contribution >= 0.6 is 0 Å². The van der Waals surface area contributed by atoms with Crippen LogP contribution in [0.2, 0.25) is 0 Å². The minimum Gasteiger partial charge on any atom is -0.504 e. The van der Waals surface area contributed by atoms with Crippen molar-refractivity contribution in [3.63, 3.8) is 0 Å². The van der Waals surface area contributed by atoms with E-state index in [2.05, 4.69) is 5.32 Å². The maximum absolute atomic E-state index is 10.0. The molecule has 0 aliphatic carbocycles. The summed E-state index contributed by atoms with van der Waals surface area (Å²) in [6.45, 7) is 2.70. The Bertz CT molecular complexity index is 67.1. The van der Waals surface area contributed by atoms with Crippen molar-refractivity contribution < 1.29 is 41.0 Å². The number of aliphatic hydroxyl groups excluding tert-OH is 1. The molecule has 46 valence electrons. The second kappa shape index (κ2) is 7.48. The molecular weight excluding hydrogens is 332 g/mol. The van der Waals surface area contributed by atoms with Crippen LogP contribution in [-0.2, 0) is 4.79 Å². The average Bonchev–Trinajstić information content (AvgIpc) is 1.68. The summed E-state index contributed by atoms with van der Waals surface area (Å²) in [5.74, 6) is -0.373. The molecule has 0 unspecified atom stereocenters. The van der Waals surface area contributed by atoms with Crippen molar-refractivity contribution in [1.29, 1.82) is 0 Å². The van der Waals surface area contributed by atoms with Crippen LogP contribution in [0.1, 0.15) is 6.92 Å². The van der Waals surface area contributed by atoms with Gasteiger partial charge >= 0.3 is 0 Å². The van der Waals surface area contributed by atoms with Gasteiger partial charge in [0.05, 0.1) is 0 Å². The first kappa shape index (κ1) is 11.3. The van der Waals surface area contributed by atoms with Crippen molar-refractivity contribution in [3.05, 3.63) is 6.54 Å². The van der Waals surface area contributed by atoms with Crippen LogP contribution in [-0.4, -0.2) is 17.6 Å². The Morgan fingerprint density at radius 3 is 2.50 bits per heavy atom. The summed E-state index contributed by atoms with van der Waals surface area (Å²) in [4.78, 5) is 10.0. The molecule has 0 saturated carbocycles. The van der Waals surface area contributed by atoms with E-state index in [0.717, 1.165) is 0 Å². The first-order chi connectivity index (χ1) is 3.31. The van der Waals surface area contributed by atoms with Crippen LogP contribution < -0.4 is 5.32 Å². The van der Waals surface area contributed by atoms with Gasteiger partial charge in [-0.3, -0.25) is 4.79 Å². The molecular formula is C4H8NO2U-. The topological polar surface area (TPSA) is 49.3 Å². The van der Waals surface area contributed by atoms with Crippen LogP contribution in [0.5, 0.6) is 0 Å². The number of hydrogen-bond donors (Lipinski definition) is 2. The van der Waals surface area contributed by atoms with Gasteiger partial charge < -0.3 is 10.4 Å². The van der Waals surface area contributed by atoms with Crippen LogP contribution in [0.25, 0.3) is 0 Å². The fourth-order valence-electron chi connectivity index (χ4n) is 0.207. The zero-order chi connectivity index (χ0) is 5.70. The van der Waals surface area contributed by atoms with E-state index in [-0.39, 0.29) is 37.0 Å². The van der Waals surface area contributed by atoms with Gasteiger partial charge in [0.25, 0.3) is 0 Å². The second-order valence-electron chi connectivity index (χ2n) is 1.01. The van der Waals surface area contributed by atoms with E-state index in [1.807, 2.05) is 0 Å². The number of amides is 1. The molecule has 0 aliphatic rings. The predicted molar refractivity (Wildman–Crippen MR) is 25.2 cm³/mol. The quantitative estimate of drug-likeness (QED) is 0.652. The molecule has 0 fully saturated rings. The van der Waals surface area contributed by atoms with Crippen molar-refractivity contribution in [3.8, 4) is 0 Å². The second-order valence-corrected chi connectivity index (χ2v) is 1.01. The maximum atomic E-state index is 10.0. The molecule has 0 radical (unpaired) electrons. The average molecular weight is 340 g/mol. The van der Waals surface area contributed by atoms with E-state index in [9.17, 15) is 4.79 Å². The SMILES string of the molecule is C[CH-]NC(=O)CO.[U]. The standard InChI is InChI=1S/C4H8NO2.U/c1-2-5-4(7)3-6;/h2,6H,3H2,1H3,(H,5,7);/q-1;. The molecule has 0 atom stereocenters. The van der Waals surface area contributed by atoms with Crippen LogP contribution in [0.4, 0.5) is 0 Å². The molecule has 1 amide bonds. The summed E-state index contributed by atoms with van der Waals surface area (Å²) in [6.07, 6.45) is 0. The van der Waals surface area contributed by atoms with Gasteiger partial charge in [-0.15, -0.1) is 0 Å². The molecule has 0 rings (SSSR count). The third-order valence-electron chi connectivity index (χ3n) is 0.449. The van der Waals surface area contributed by atoms with E-state index < -0.39 is 6.61 Å². The summed E-state index contributed by atoms with van der Waals surface area (Å²) in [5.41, 5.74) is 0. The first-order valence-corrected chi connectivity index (χ1v) is 1.99. The van der Waals surface area contributed by atoms with Gasteiger partial charge in [-0.25, -0.2) is 6.54 Å². The van der Waals surface area contributed by atoms with Gasteiger partial charge in [0.1, 0.15) is 6.61 Å². The molecule has 4 heteroatoms. The fraction of sp³-hybridized carbons (Fsp3) is 0.500. The zero-order valence-electron chi connectivity index (χ0n) is 4.64. The van der Waals surface area contributed by atoms with E-state index in [1.54, 1.807) is 6.92 Å². The number of rotatable bonds is 2. The predicted octanol–water partition coefficient (Wildman–Crippen LogP) is -0.723. The van der Waals surface area contributed by atoms with Gasteiger partial charge in [-0.2, -0.15) is 6.92 Å². The smallest absolute Gasteiger partial charge is 0.216 e. The summed E-state index contributed by atoms with van der Waals surface area (Å²) in [6, 6.07) is 0. The Kier molecular flexibility index (Phi) is 10.6. The largest absolute Gasteiger partial charge is 0.504 e. The first-order valence-electron chi connectivity index (χ1n) is 1.99. The third-order valence-corrected chi connectivity index (χ3v) is 0.449. The molecule has 0 aromatic heterocycles. The van der Waals surface area contributed by atoms with Gasteiger partial charge in [-0.1, -0.05) is 0 Å². The Labute approximate surface area is 72.2 Å². The minimum absolute atomic E-state index is 0. The molecule has 0 aliphatic heterocycles. The molecule has 0 aromatic rings. The fourth-order valence-corrected chi connectivity index (χ4v) is 0.207. The maximum Gasteiger partial charge on any atom is 0.216 e. The van der Waals surface area contributed by atoms with Gasteiger partial charge in [0.2, 0.25) is 5.91 Å². The number of carbonyl (C=O) groups is 1. The molecule has 0 saturated heterocycles. The Morgan fingerprint density at radius 1 is 1.88 bits per heavy atom. The Hall–Kier alpha value is 0.482. The molecule has 3 nitrogen and oxygen atoms in total. The van der Waals surface area contributed by atoms with Crippen molar-refractivity contribution in [2.24, 2.45) is 0 Å². The molecule has 2 N–H and O–H groups in total. The number of aliphatic hydroxyl groups is 1. The van der Waals surface area contributed by atoms with E-state index in [0.29, 0.717) is 0 Å². The minimum atomic E-state index is -0.440. The third kappa shape index (κ3) is 6.48. The monoisotopic (exact) mass is 340 g/mol. The molecule has 0 bridgehead atoms. The summed E-state index contributed by atoms with van der Waals surface area (Å²) < 4.78 is 0. The van der Waals surface area contributed by atoms with Gasteiger partial charge in [-0.05, 0) is 0 Å². The van der Waals surface area contributed by atoms with E-state index in [4.69, 9.17) is 5.11 Å². The van der Waals surface area contributed by atoms with Gasteiger partial charge in [0.15, 0.2) is 0 Å². The normalized spacial score (nSPS) is 7.25. The van der Waals surface area contributed by atoms with Crippen LogP contribution in [0.15, 0.2) is 0 Å². The number of carbonyl (C=O) groups excluding carboxylic acids is 1. The summed E-state index contributed by atoms with van der Waals surface area (Å²) in [5, 5.41) is 10.3. The molecule has 0 heterocycles. The molecule has 0 spiro atoms. The summed E-state index contributed by atoms with van der Waals surface area (Å²) in [7, 11) is 0. The van der Waals surface area contributed by atoms with Crippen LogP contribution in [0.3, 0.4) is 0 Å². The number of nitrogens with one attached hydrogen (secondary N) is 1. The number of hydrogen-bond acceptors (Lipinski definition) is 2.